The van der Waals surface area contributed by atoms with E-state index < -0.39 is 5.31 Å². The van der Waals surface area contributed by atoms with Gasteiger partial charge < -0.3 is 0 Å². The van der Waals surface area contributed by atoms with Crippen LogP contribution in [0, 0.1) is 0 Å². The molecular weight excluding hydrogens is 291 g/mol. The second kappa shape index (κ2) is 8.92. The average Bonchev–Trinajstić information content (AvgIpc) is 2.33. The third kappa shape index (κ3) is 6.58. The monoisotopic (exact) mass is 324 g/mol. The van der Waals surface area contributed by atoms with Crippen LogP contribution in [0.2, 0.25) is 0 Å². The minimum absolute atomic E-state index is 1.35. The molecular formula is C15H34BrP. The van der Waals surface area contributed by atoms with Crippen LogP contribution in [0.25, 0.3) is 0 Å². The van der Waals surface area contributed by atoms with Gasteiger partial charge in [0.15, 0.2) is 0 Å². The van der Waals surface area contributed by atoms with E-state index in [1.165, 1.54) is 69.6 Å². The van der Waals surface area contributed by atoms with Gasteiger partial charge in [-0.25, -0.2) is 0 Å². The fraction of sp³-hybridized carbons (Fsp3) is 1.00. The molecule has 17 heavy (non-hydrogen) atoms. The molecule has 0 nitrogen and oxygen atoms in total. The molecule has 0 saturated heterocycles. The van der Waals surface area contributed by atoms with Gasteiger partial charge in [-0.15, -0.1) is 0 Å². The maximum absolute atomic E-state index is 4.39. The molecule has 0 aliphatic heterocycles. The van der Waals surface area contributed by atoms with E-state index in [1.54, 1.807) is 0 Å². The van der Waals surface area contributed by atoms with Gasteiger partial charge in [0.25, 0.3) is 0 Å². The first kappa shape index (κ1) is 17.9. The predicted molar refractivity (Wildman–Crippen MR) is 90.3 cm³/mol. The zero-order valence-electron chi connectivity index (χ0n) is 12.6. The molecule has 0 spiro atoms. The molecule has 0 fully saturated rings. The van der Waals surface area contributed by atoms with Gasteiger partial charge in [0.2, 0.25) is 0 Å². The fourth-order valence-electron chi connectivity index (χ4n) is 2.89. The Kier molecular flexibility index (Phi) is 9.39. The van der Waals surface area contributed by atoms with Crippen molar-refractivity contribution in [1.82, 2.24) is 0 Å². The molecule has 0 unspecified atom stereocenters. The van der Waals surface area contributed by atoms with Crippen molar-refractivity contribution < 1.29 is 0 Å². The number of rotatable bonds is 11. The molecule has 0 saturated carbocycles. The van der Waals surface area contributed by atoms with Crippen LogP contribution < -0.4 is 0 Å². The van der Waals surface area contributed by atoms with E-state index in [2.05, 4.69) is 43.2 Å². The summed E-state index contributed by atoms with van der Waals surface area (Å²) in [5.74, 6) is 0. The van der Waals surface area contributed by atoms with Gasteiger partial charge in [-0.3, -0.25) is 0 Å². The minimum atomic E-state index is -1.53. The molecule has 0 rings (SSSR count). The van der Waals surface area contributed by atoms with Gasteiger partial charge in [-0.05, 0) is 0 Å². The summed E-state index contributed by atoms with van der Waals surface area (Å²) in [5.41, 5.74) is 0. The zero-order chi connectivity index (χ0) is 13.2. The standard InChI is InChI=1S/C15H34BrP/c1-5-9-13-17(16,12-8-4,14-10-6-2)15-11-7-3/h5-15H2,1-4H3. The summed E-state index contributed by atoms with van der Waals surface area (Å²) in [7, 11) is 0. The topological polar surface area (TPSA) is 0 Å². The van der Waals surface area contributed by atoms with Crippen molar-refractivity contribution in [2.24, 2.45) is 0 Å². The number of hydrogen-bond acceptors (Lipinski definition) is 0. The molecule has 0 heterocycles. The Morgan fingerprint density at radius 2 is 0.941 bits per heavy atom. The summed E-state index contributed by atoms with van der Waals surface area (Å²) < 4.78 is 0. The van der Waals surface area contributed by atoms with Gasteiger partial charge >= 0.3 is 118 Å². The quantitative estimate of drug-likeness (QED) is 0.373. The van der Waals surface area contributed by atoms with E-state index >= 15 is 0 Å². The van der Waals surface area contributed by atoms with Crippen LogP contribution in [0.15, 0.2) is 0 Å². The fourth-order valence-corrected chi connectivity index (χ4v) is 12.0. The number of hydrogen-bond donors (Lipinski definition) is 0. The molecule has 0 amide bonds. The maximum atomic E-state index is 4.39. The van der Waals surface area contributed by atoms with Crippen molar-refractivity contribution in [1.29, 1.82) is 0 Å². The summed E-state index contributed by atoms with van der Waals surface area (Å²) in [5, 5.41) is -1.53. The van der Waals surface area contributed by atoms with E-state index in [1.807, 2.05) is 0 Å². The van der Waals surface area contributed by atoms with Gasteiger partial charge in [0.1, 0.15) is 0 Å². The third-order valence-electron chi connectivity index (χ3n) is 3.99. The van der Waals surface area contributed by atoms with Gasteiger partial charge in [0, 0.05) is 0 Å². The Hall–Kier alpha value is 0.910. The summed E-state index contributed by atoms with van der Waals surface area (Å²) in [6.45, 7) is 9.37. The van der Waals surface area contributed by atoms with Crippen molar-refractivity contribution in [3.8, 4) is 0 Å². The van der Waals surface area contributed by atoms with Crippen molar-refractivity contribution in [3.63, 3.8) is 0 Å². The Bertz CT molecular complexity index is 167. The Balaban J connectivity index is 4.76. The normalized spacial score (nSPS) is 14.5. The predicted octanol–water partition coefficient (Wildman–Crippen LogP) is 6.66. The second-order valence-electron chi connectivity index (χ2n) is 5.77. The van der Waals surface area contributed by atoms with Crippen LogP contribution in [-0.4, -0.2) is 24.6 Å². The molecule has 0 aromatic carbocycles. The Labute approximate surface area is 118 Å². The number of unbranched alkanes of at least 4 members (excludes halogenated alkanes) is 3. The van der Waals surface area contributed by atoms with Gasteiger partial charge in [0.05, 0.1) is 0 Å². The zero-order valence-corrected chi connectivity index (χ0v) is 15.1. The molecule has 0 aromatic rings. The molecule has 0 aliphatic rings. The van der Waals surface area contributed by atoms with Crippen molar-refractivity contribution in [2.45, 2.75) is 72.6 Å². The van der Waals surface area contributed by atoms with Crippen LogP contribution in [0.4, 0.5) is 0 Å². The molecule has 2 heteroatoms. The summed E-state index contributed by atoms with van der Waals surface area (Å²) in [6, 6.07) is 0. The van der Waals surface area contributed by atoms with Crippen LogP contribution in [0.3, 0.4) is 0 Å². The SMILES string of the molecule is CCCCP(Br)(CCC)(CCCC)CCCC. The van der Waals surface area contributed by atoms with Crippen molar-refractivity contribution in [2.75, 3.05) is 24.6 Å². The summed E-state index contributed by atoms with van der Waals surface area (Å²) >= 11 is 4.39. The van der Waals surface area contributed by atoms with Gasteiger partial charge in [-0.2, -0.15) is 0 Å². The summed E-state index contributed by atoms with van der Waals surface area (Å²) in [6.07, 6.45) is 15.7. The molecule has 0 N–H and O–H groups in total. The first-order chi connectivity index (χ1) is 8.04. The van der Waals surface area contributed by atoms with E-state index in [9.17, 15) is 0 Å². The van der Waals surface area contributed by atoms with Crippen molar-refractivity contribution in [3.05, 3.63) is 0 Å². The molecule has 0 radical (unpaired) electrons. The second-order valence-corrected chi connectivity index (χ2v) is 17.2. The Morgan fingerprint density at radius 3 is 1.18 bits per heavy atom. The van der Waals surface area contributed by atoms with Crippen LogP contribution in [-0.2, 0) is 0 Å². The van der Waals surface area contributed by atoms with Crippen LogP contribution in [0.1, 0.15) is 72.6 Å². The van der Waals surface area contributed by atoms with Crippen molar-refractivity contribution >= 4 is 20.8 Å². The first-order valence-corrected chi connectivity index (χ1v) is 12.8. The van der Waals surface area contributed by atoms with E-state index in [0.717, 1.165) is 0 Å². The molecule has 0 atom stereocenters. The van der Waals surface area contributed by atoms with E-state index in [-0.39, 0.29) is 0 Å². The molecule has 0 aromatic heterocycles. The van der Waals surface area contributed by atoms with Crippen LogP contribution in [0.5, 0.6) is 0 Å². The van der Waals surface area contributed by atoms with Gasteiger partial charge in [-0.1, -0.05) is 0 Å². The third-order valence-corrected chi connectivity index (χ3v) is 14.1. The first-order valence-electron chi connectivity index (χ1n) is 7.76. The molecule has 0 bridgehead atoms. The Morgan fingerprint density at radius 1 is 0.588 bits per heavy atom. The molecule has 106 valence electrons. The van der Waals surface area contributed by atoms with E-state index in [4.69, 9.17) is 0 Å². The summed E-state index contributed by atoms with van der Waals surface area (Å²) in [4.78, 5) is 0. The molecule has 0 aliphatic carbocycles. The van der Waals surface area contributed by atoms with Crippen LogP contribution >= 0.6 is 20.8 Å². The average molecular weight is 325 g/mol. The number of halogens is 1. The van der Waals surface area contributed by atoms with E-state index in [0.29, 0.717) is 0 Å².